The molecular weight excluding hydrogens is 727 g/mol. The molecule has 0 unspecified atom stereocenters. The zero-order chi connectivity index (χ0) is 40.8. The monoisotopic (exact) mass is 777 g/mol. The maximum absolute atomic E-state index is 13.5. The van der Waals surface area contributed by atoms with Gasteiger partial charge in [-0.25, -0.2) is 0 Å². The van der Waals surface area contributed by atoms with E-state index in [4.69, 9.17) is 25.4 Å². The molecule has 4 aromatic rings. The molecule has 0 bridgehead atoms. The fraction of sp³-hybridized carbons (Fsp3) is 0.432. The number of hydrogen-bond donors (Lipinski definition) is 3. The van der Waals surface area contributed by atoms with Crippen LogP contribution in [-0.2, 0) is 24.6 Å². The fourth-order valence-electron chi connectivity index (χ4n) is 5.61. The van der Waals surface area contributed by atoms with Crippen LogP contribution >= 0.6 is 0 Å². The van der Waals surface area contributed by atoms with E-state index in [2.05, 4.69) is 49.3 Å². The highest BCUT2D eigenvalue weighted by atomic mass is 28.4. The smallest absolute Gasteiger partial charge is 0.298 e. The van der Waals surface area contributed by atoms with Crippen molar-refractivity contribution in [3.63, 3.8) is 0 Å². The molecule has 0 aliphatic rings. The van der Waals surface area contributed by atoms with Crippen LogP contribution in [0, 0.1) is 17.0 Å². The van der Waals surface area contributed by atoms with Gasteiger partial charge in [-0.1, -0.05) is 32.9 Å². The molecule has 0 fully saturated rings. The Labute approximate surface area is 320 Å². The van der Waals surface area contributed by atoms with E-state index in [1.165, 1.54) is 19.2 Å². The van der Waals surface area contributed by atoms with Crippen LogP contribution in [-0.4, -0.2) is 76.7 Å². The van der Waals surface area contributed by atoms with E-state index >= 15 is 0 Å². The molecule has 0 spiro atoms. The SMILES string of the molecule is CCn1nc(C)cc1C(=O)N=c1n(C)c2cc(C(N)=O)cc(OC)c2n1C/C=C/CNc1c(OCCCO[Si](C)(C)C(C)(C)C)cc(C(N)=O)cc1[N+](=O)[O-]. The van der Waals surface area contributed by atoms with E-state index in [1.807, 2.05) is 6.92 Å². The van der Waals surface area contributed by atoms with Gasteiger partial charge in [-0.3, -0.25) is 29.2 Å². The Kier molecular flexibility index (Phi) is 13.1. The van der Waals surface area contributed by atoms with Gasteiger partial charge in [0.1, 0.15) is 22.7 Å². The second kappa shape index (κ2) is 17.1. The van der Waals surface area contributed by atoms with Gasteiger partial charge in [0.05, 0.1) is 29.9 Å². The lowest BCUT2D eigenvalue weighted by Crippen LogP contribution is -2.41. The summed E-state index contributed by atoms with van der Waals surface area (Å²) >= 11 is 0. The molecule has 3 amide bonds. The van der Waals surface area contributed by atoms with Gasteiger partial charge in [-0.2, -0.15) is 10.1 Å². The molecule has 55 heavy (non-hydrogen) atoms. The normalized spacial score (nSPS) is 12.4. The Morgan fingerprint density at radius 1 is 1.04 bits per heavy atom. The van der Waals surface area contributed by atoms with Crippen molar-refractivity contribution in [1.29, 1.82) is 0 Å². The third kappa shape index (κ3) is 9.50. The Balaban J connectivity index is 1.66. The highest BCUT2D eigenvalue weighted by Crippen LogP contribution is 2.38. The lowest BCUT2D eigenvalue weighted by Gasteiger charge is -2.36. The average molecular weight is 778 g/mol. The lowest BCUT2D eigenvalue weighted by atomic mass is 10.1. The zero-order valence-corrected chi connectivity index (χ0v) is 33.9. The number of nitro benzene ring substituents is 1. The van der Waals surface area contributed by atoms with E-state index in [0.717, 1.165) is 6.07 Å². The predicted octanol–water partition coefficient (Wildman–Crippen LogP) is 4.82. The van der Waals surface area contributed by atoms with Crippen molar-refractivity contribution in [3.05, 3.63) is 80.7 Å². The third-order valence-electron chi connectivity index (χ3n) is 9.58. The van der Waals surface area contributed by atoms with Crippen molar-refractivity contribution in [2.24, 2.45) is 23.5 Å². The summed E-state index contributed by atoms with van der Waals surface area (Å²) in [5.41, 5.74) is 13.3. The number of rotatable bonds is 17. The Morgan fingerprint density at radius 2 is 1.69 bits per heavy atom. The summed E-state index contributed by atoms with van der Waals surface area (Å²) in [5.74, 6) is -1.58. The van der Waals surface area contributed by atoms with Crippen molar-refractivity contribution in [2.75, 3.05) is 32.2 Å². The first-order valence-corrected chi connectivity index (χ1v) is 20.7. The number of carbonyl (C=O) groups is 3. The molecule has 18 heteroatoms. The number of imidazole rings is 1. The summed E-state index contributed by atoms with van der Waals surface area (Å²) in [4.78, 5) is 53.8. The number of nitrogens with zero attached hydrogens (tertiary/aromatic N) is 6. The van der Waals surface area contributed by atoms with Crippen LogP contribution in [0.1, 0.15) is 71.0 Å². The minimum absolute atomic E-state index is 0.0355. The third-order valence-corrected chi connectivity index (χ3v) is 14.1. The number of nitrogens with one attached hydrogen (secondary N) is 1. The Morgan fingerprint density at radius 3 is 2.29 bits per heavy atom. The van der Waals surface area contributed by atoms with Crippen LogP contribution < -0.4 is 31.9 Å². The molecule has 0 aliphatic heterocycles. The number of carbonyl (C=O) groups excluding carboxylic acids is 3. The van der Waals surface area contributed by atoms with Gasteiger partial charge < -0.3 is 39.8 Å². The van der Waals surface area contributed by atoms with Gasteiger partial charge in [-0.05, 0) is 56.2 Å². The van der Waals surface area contributed by atoms with Crippen molar-refractivity contribution in [1.82, 2.24) is 18.9 Å². The van der Waals surface area contributed by atoms with E-state index < -0.39 is 31.0 Å². The first-order valence-electron chi connectivity index (χ1n) is 17.8. The van der Waals surface area contributed by atoms with Crippen molar-refractivity contribution in [2.45, 2.75) is 72.3 Å². The summed E-state index contributed by atoms with van der Waals surface area (Å²) in [6.45, 7) is 15.8. The van der Waals surface area contributed by atoms with Crippen molar-refractivity contribution in [3.8, 4) is 11.5 Å². The number of primary amides is 2. The number of methoxy groups -OCH3 is 1. The molecule has 0 aliphatic carbocycles. The molecule has 17 nitrogen and oxygen atoms in total. The number of hydrogen-bond acceptors (Lipinski definition) is 10. The van der Waals surface area contributed by atoms with Crippen LogP contribution in [0.3, 0.4) is 0 Å². The highest BCUT2D eigenvalue weighted by Gasteiger charge is 2.37. The average Bonchev–Trinajstić information content (AvgIpc) is 3.63. The summed E-state index contributed by atoms with van der Waals surface area (Å²) in [7, 11) is 1.18. The van der Waals surface area contributed by atoms with Crippen molar-refractivity contribution < 1.29 is 33.2 Å². The Hall–Kier alpha value is -5.75. The largest absolute Gasteiger partial charge is 0.494 e. The van der Waals surface area contributed by atoms with Gasteiger partial charge >= 0.3 is 0 Å². The lowest BCUT2D eigenvalue weighted by molar-refractivity contribution is -0.384. The summed E-state index contributed by atoms with van der Waals surface area (Å²) in [5, 5.41) is 19.6. The number of amides is 3. The van der Waals surface area contributed by atoms with Gasteiger partial charge in [0.25, 0.3) is 11.6 Å². The number of anilines is 1. The van der Waals surface area contributed by atoms with Gasteiger partial charge in [-0.15, -0.1) is 0 Å². The second-order valence-corrected chi connectivity index (χ2v) is 19.2. The molecule has 2 aromatic carbocycles. The number of benzene rings is 2. The number of nitrogens with two attached hydrogens (primary N) is 2. The first-order chi connectivity index (χ1) is 25.8. The standard InChI is InChI=1S/C37H51N9O8Si/c1-10-45-28(18-23(2)42-45)35(49)41-36-43(6)27-20-25(34(39)48)22-30(52-7)32(27)44(36)15-12-11-14-40-31-26(46(50)51)19-24(33(38)47)21-29(31)53-16-13-17-54-55(8,9)37(3,4)5/h11-12,18-22,40H,10,13-17H2,1-9H3,(H2,38,47)(H2,39,48)/b12-11+,41-36?. The predicted molar refractivity (Wildman–Crippen MR) is 211 cm³/mol. The van der Waals surface area contributed by atoms with Crippen LogP contribution in [0.5, 0.6) is 11.5 Å². The maximum Gasteiger partial charge on any atom is 0.298 e. The molecule has 5 N–H and O–H groups in total. The molecule has 0 radical (unpaired) electrons. The topological polar surface area (TPSA) is 226 Å². The quantitative estimate of drug-likeness (QED) is 0.0436. The van der Waals surface area contributed by atoms with E-state index in [1.54, 1.807) is 52.1 Å². The molecule has 296 valence electrons. The zero-order valence-electron chi connectivity index (χ0n) is 32.9. The van der Waals surface area contributed by atoms with E-state index in [0.29, 0.717) is 47.7 Å². The number of allylic oxidation sites excluding steroid dienone is 1. The van der Waals surface area contributed by atoms with Crippen LogP contribution in [0.15, 0.2) is 47.5 Å². The van der Waals surface area contributed by atoms with Crippen molar-refractivity contribution >= 4 is 48.4 Å². The first kappa shape index (κ1) is 42.0. The molecule has 0 saturated carbocycles. The minimum atomic E-state index is -1.98. The number of aromatic nitrogens is 4. The van der Waals surface area contributed by atoms with Gasteiger partial charge in [0, 0.05) is 56.9 Å². The fourth-order valence-corrected chi connectivity index (χ4v) is 6.70. The molecule has 4 rings (SSSR count). The molecule has 0 saturated heterocycles. The van der Waals surface area contributed by atoms with Gasteiger partial charge in [0.2, 0.25) is 17.4 Å². The summed E-state index contributed by atoms with van der Waals surface area (Å²) in [6.07, 6.45) is 4.03. The Bertz CT molecular complexity index is 2210. The van der Waals surface area contributed by atoms with Crippen LogP contribution in [0.4, 0.5) is 11.4 Å². The number of aryl methyl sites for hydroxylation is 3. The highest BCUT2D eigenvalue weighted by molar-refractivity contribution is 6.74. The molecule has 0 atom stereocenters. The van der Waals surface area contributed by atoms with E-state index in [9.17, 15) is 24.5 Å². The number of ether oxygens (including phenoxy) is 2. The number of fused-ring (bicyclic) bond motifs is 1. The minimum Gasteiger partial charge on any atom is -0.494 e. The summed E-state index contributed by atoms with van der Waals surface area (Å²) < 4.78 is 22.9. The molecule has 2 heterocycles. The molecular formula is C37H51N9O8Si. The van der Waals surface area contributed by atoms with Crippen LogP contribution in [0.2, 0.25) is 18.1 Å². The summed E-state index contributed by atoms with van der Waals surface area (Å²) in [6, 6.07) is 7.27. The van der Waals surface area contributed by atoms with E-state index in [-0.39, 0.29) is 58.6 Å². The van der Waals surface area contributed by atoms with Crippen LogP contribution in [0.25, 0.3) is 11.0 Å². The molecule has 2 aromatic heterocycles. The number of nitro groups is 1. The second-order valence-electron chi connectivity index (χ2n) is 14.4. The maximum atomic E-state index is 13.5. The van der Waals surface area contributed by atoms with Gasteiger partial charge in [0.15, 0.2) is 14.0 Å².